The molecule has 1 aromatic rings. The van der Waals surface area contributed by atoms with Crippen LogP contribution in [-0.4, -0.2) is 50.6 Å². The molecule has 1 atom stereocenters. The Labute approximate surface area is 162 Å². The molecule has 136 valence electrons. The fourth-order valence-corrected chi connectivity index (χ4v) is 3.08. The summed E-state index contributed by atoms with van der Waals surface area (Å²) in [4.78, 5) is 6.76. The van der Waals surface area contributed by atoms with E-state index in [-0.39, 0.29) is 29.8 Å². The van der Waals surface area contributed by atoms with Crippen LogP contribution in [0.3, 0.4) is 0 Å². The first-order valence-corrected chi connectivity index (χ1v) is 8.63. The minimum Gasteiger partial charge on any atom is -0.356 e. The zero-order chi connectivity index (χ0) is 16.5. The lowest BCUT2D eigenvalue weighted by atomic mass is 9.98. The number of hydrogen-bond acceptors (Lipinski definition) is 2. The normalized spacial score (nSPS) is 18.8. The van der Waals surface area contributed by atoms with Crippen molar-refractivity contribution >= 4 is 29.9 Å². The molecule has 2 N–H and O–H groups in total. The Morgan fingerprint density at radius 2 is 2.12 bits per heavy atom. The van der Waals surface area contributed by atoms with Crippen LogP contribution in [0.1, 0.15) is 25.3 Å². The van der Waals surface area contributed by atoms with Crippen molar-refractivity contribution in [3.8, 4) is 0 Å². The molecule has 2 rings (SSSR count). The summed E-state index contributed by atoms with van der Waals surface area (Å²) in [6.07, 6.45) is 3.20. The summed E-state index contributed by atoms with van der Waals surface area (Å²) < 4.78 is 13.6. The standard InChI is InChI=1S/C18H29FN4.HI/c1-3-23-12-6-7-15(14-23)13-22-18(20-2)21-11-10-16-8-4-5-9-17(16)19;/h4-5,8-9,15H,3,6-7,10-14H2,1-2H3,(H2,20,21,22);1H. The third-order valence-electron chi connectivity index (χ3n) is 4.48. The van der Waals surface area contributed by atoms with Crippen molar-refractivity contribution in [2.45, 2.75) is 26.2 Å². The van der Waals surface area contributed by atoms with Gasteiger partial charge < -0.3 is 15.5 Å². The third kappa shape index (κ3) is 6.93. The maximum atomic E-state index is 13.6. The van der Waals surface area contributed by atoms with Gasteiger partial charge in [-0.3, -0.25) is 4.99 Å². The molecule has 0 saturated carbocycles. The monoisotopic (exact) mass is 448 g/mol. The highest BCUT2D eigenvalue weighted by atomic mass is 127. The number of halogens is 2. The molecule has 1 aliphatic rings. The molecule has 0 aliphatic carbocycles. The van der Waals surface area contributed by atoms with Crippen LogP contribution in [0, 0.1) is 11.7 Å². The molecule has 1 aliphatic heterocycles. The second-order valence-corrected chi connectivity index (χ2v) is 6.12. The molecule has 4 nitrogen and oxygen atoms in total. The van der Waals surface area contributed by atoms with Crippen molar-refractivity contribution in [3.63, 3.8) is 0 Å². The van der Waals surface area contributed by atoms with Crippen LogP contribution in [0.4, 0.5) is 4.39 Å². The summed E-state index contributed by atoms with van der Waals surface area (Å²) in [5, 5.41) is 6.67. The molecule has 0 bridgehead atoms. The minimum absolute atomic E-state index is 0. The lowest BCUT2D eigenvalue weighted by Gasteiger charge is -2.32. The van der Waals surface area contributed by atoms with Crippen LogP contribution in [0.5, 0.6) is 0 Å². The van der Waals surface area contributed by atoms with Gasteiger partial charge in [0.05, 0.1) is 0 Å². The maximum absolute atomic E-state index is 13.6. The number of benzene rings is 1. The highest BCUT2D eigenvalue weighted by molar-refractivity contribution is 14.0. The number of rotatable bonds is 6. The Morgan fingerprint density at radius 1 is 1.33 bits per heavy atom. The Kier molecular flexibility index (Phi) is 10.2. The van der Waals surface area contributed by atoms with Crippen LogP contribution >= 0.6 is 24.0 Å². The van der Waals surface area contributed by atoms with Gasteiger partial charge in [0.2, 0.25) is 0 Å². The fourth-order valence-electron chi connectivity index (χ4n) is 3.08. The topological polar surface area (TPSA) is 39.7 Å². The van der Waals surface area contributed by atoms with Gasteiger partial charge in [-0.2, -0.15) is 0 Å². The quantitative estimate of drug-likeness (QED) is 0.400. The Hall–Kier alpha value is -0.890. The highest BCUT2D eigenvalue weighted by Gasteiger charge is 2.18. The van der Waals surface area contributed by atoms with Crippen molar-refractivity contribution < 1.29 is 4.39 Å². The van der Waals surface area contributed by atoms with E-state index in [4.69, 9.17) is 0 Å². The van der Waals surface area contributed by atoms with E-state index < -0.39 is 0 Å². The minimum atomic E-state index is -0.140. The second-order valence-electron chi connectivity index (χ2n) is 6.12. The molecule has 0 amide bonds. The first-order valence-electron chi connectivity index (χ1n) is 8.63. The largest absolute Gasteiger partial charge is 0.356 e. The number of guanidine groups is 1. The van der Waals surface area contributed by atoms with E-state index in [1.165, 1.54) is 25.5 Å². The molecule has 0 aromatic heterocycles. The van der Waals surface area contributed by atoms with Gasteiger partial charge in [0.15, 0.2) is 5.96 Å². The molecular formula is C18H30FIN4. The molecule has 1 aromatic carbocycles. The van der Waals surface area contributed by atoms with E-state index in [0.717, 1.165) is 31.2 Å². The van der Waals surface area contributed by atoms with Gasteiger partial charge in [0.1, 0.15) is 5.82 Å². The average molecular weight is 448 g/mol. The zero-order valence-corrected chi connectivity index (χ0v) is 17.1. The summed E-state index contributed by atoms with van der Waals surface area (Å²) in [7, 11) is 1.78. The number of likely N-dealkylation sites (tertiary alicyclic amines) is 1. The van der Waals surface area contributed by atoms with Crippen molar-refractivity contribution in [1.29, 1.82) is 0 Å². The summed E-state index contributed by atoms with van der Waals surface area (Å²) >= 11 is 0. The number of nitrogens with one attached hydrogen (secondary N) is 2. The number of piperidine rings is 1. The van der Waals surface area contributed by atoms with Gasteiger partial charge in [0.25, 0.3) is 0 Å². The first-order chi connectivity index (χ1) is 11.2. The van der Waals surface area contributed by atoms with Crippen LogP contribution < -0.4 is 10.6 Å². The van der Waals surface area contributed by atoms with Gasteiger partial charge >= 0.3 is 0 Å². The van der Waals surface area contributed by atoms with Gasteiger partial charge in [0, 0.05) is 26.7 Å². The smallest absolute Gasteiger partial charge is 0.190 e. The summed E-state index contributed by atoms with van der Waals surface area (Å²) in [6.45, 7) is 7.35. The number of aliphatic imine (C=N–C) groups is 1. The van der Waals surface area contributed by atoms with Gasteiger partial charge in [-0.25, -0.2) is 4.39 Å². The van der Waals surface area contributed by atoms with Crippen molar-refractivity contribution in [3.05, 3.63) is 35.6 Å². The molecule has 24 heavy (non-hydrogen) atoms. The van der Waals surface area contributed by atoms with Crippen LogP contribution in [0.2, 0.25) is 0 Å². The molecule has 1 heterocycles. The molecule has 6 heteroatoms. The molecule has 1 unspecified atom stereocenters. The van der Waals surface area contributed by atoms with E-state index in [1.807, 2.05) is 12.1 Å². The predicted molar refractivity (Wildman–Crippen MR) is 110 cm³/mol. The molecule has 1 saturated heterocycles. The van der Waals surface area contributed by atoms with Gasteiger partial charge in [-0.15, -0.1) is 24.0 Å². The second kappa shape index (κ2) is 11.6. The number of nitrogens with zero attached hydrogens (tertiary/aromatic N) is 2. The van der Waals surface area contributed by atoms with Gasteiger partial charge in [-0.1, -0.05) is 25.1 Å². The van der Waals surface area contributed by atoms with Crippen LogP contribution in [-0.2, 0) is 6.42 Å². The fraction of sp³-hybridized carbons (Fsp3) is 0.611. The lowest BCUT2D eigenvalue weighted by molar-refractivity contribution is 0.183. The molecule has 1 fully saturated rings. The Morgan fingerprint density at radius 3 is 2.83 bits per heavy atom. The average Bonchev–Trinajstić information content (AvgIpc) is 2.59. The summed E-state index contributed by atoms with van der Waals surface area (Å²) in [5.41, 5.74) is 0.737. The van der Waals surface area contributed by atoms with E-state index in [9.17, 15) is 4.39 Å². The summed E-state index contributed by atoms with van der Waals surface area (Å²) in [5.74, 6) is 1.34. The Balaban J connectivity index is 0.00000288. The molecule has 0 radical (unpaired) electrons. The van der Waals surface area contributed by atoms with E-state index in [1.54, 1.807) is 13.1 Å². The lowest BCUT2D eigenvalue weighted by Crippen LogP contribution is -2.44. The van der Waals surface area contributed by atoms with E-state index in [0.29, 0.717) is 18.9 Å². The SMILES string of the molecule is CCN1CCCC(CNC(=NC)NCCc2ccccc2F)C1.I. The predicted octanol–water partition coefficient (Wildman–Crippen LogP) is 2.88. The summed E-state index contributed by atoms with van der Waals surface area (Å²) in [6, 6.07) is 6.92. The van der Waals surface area contributed by atoms with E-state index in [2.05, 4.69) is 27.4 Å². The first kappa shape index (κ1) is 21.2. The highest BCUT2D eigenvalue weighted by Crippen LogP contribution is 2.15. The maximum Gasteiger partial charge on any atom is 0.190 e. The van der Waals surface area contributed by atoms with Crippen LogP contribution in [0.25, 0.3) is 0 Å². The van der Waals surface area contributed by atoms with Gasteiger partial charge in [-0.05, 0) is 49.9 Å². The van der Waals surface area contributed by atoms with Crippen molar-refractivity contribution in [2.75, 3.05) is 39.8 Å². The third-order valence-corrected chi connectivity index (χ3v) is 4.48. The number of hydrogen-bond donors (Lipinski definition) is 2. The van der Waals surface area contributed by atoms with Crippen molar-refractivity contribution in [1.82, 2.24) is 15.5 Å². The molecule has 0 spiro atoms. The zero-order valence-electron chi connectivity index (χ0n) is 14.7. The Bertz CT molecular complexity index is 510. The van der Waals surface area contributed by atoms with Crippen molar-refractivity contribution in [2.24, 2.45) is 10.9 Å². The molecular weight excluding hydrogens is 418 g/mol. The van der Waals surface area contributed by atoms with E-state index >= 15 is 0 Å². The van der Waals surface area contributed by atoms with Crippen LogP contribution in [0.15, 0.2) is 29.3 Å².